The van der Waals surface area contributed by atoms with E-state index in [2.05, 4.69) is 82.7 Å². The van der Waals surface area contributed by atoms with E-state index >= 15 is 0 Å². The highest BCUT2D eigenvalue weighted by Gasteiger charge is 2.03. The van der Waals surface area contributed by atoms with Crippen molar-refractivity contribution in [3.8, 4) is 0 Å². The number of aliphatic imine (C=N–C) groups is 1. The number of rotatable bonds is 9. The normalized spacial score (nSPS) is 11.3. The summed E-state index contributed by atoms with van der Waals surface area (Å²) < 4.78 is 0. The molecule has 2 N–H and O–H groups in total. The number of hydrogen-bond acceptors (Lipinski definition) is 3. The van der Waals surface area contributed by atoms with Crippen molar-refractivity contribution in [1.29, 1.82) is 0 Å². The number of nitrogens with zero attached hydrogens (tertiary/aromatic N) is 3. The Morgan fingerprint density at radius 1 is 0.962 bits per heavy atom. The molecule has 0 radical (unpaired) electrons. The summed E-state index contributed by atoms with van der Waals surface area (Å²) in [6, 6.07) is 14.7. The van der Waals surface area contributed by atoms with Gasteiger partial charge in [-0.25, -0.2) is 9.98 Å². The fourth-order valence-electron chi connectivity index (χ4n) is 2.73. The summed E-state index contributed by atoms with van der Waals surface area (Å²) in [5, 5.41) is 6.69. The molecule has 2 aromatic rings. The third kappa shape index (κ3) is 6.39. The third-order valence-corrected chi connectivity index (χ3v) is 4.21. The molecule has 1 aromatic carbocycles. The zero-order chi connectivity index (χ0) is 18.6. The van der Waals surface area contributed by atoms with E-state index in [-0.39, 0.29) is 0 Å². The lowest BCUT2D eigenvalue weighted by Gasteiger charge is -2.19. The van der Waals surface area contributed by atoms with Crippen molar-refractivity contribution >= 4 is 11.8 Å². The standard InChI is InChI=1S/C21H31N5/c1-4-22-21(23-15-14-18-10-8-7-9-11-18)25-17-19-12-13-20(24-16-19)26(5-2)6-3/h7-13,16H,4-6,14-15,17H2,1-3H3,(H2,22,23,25). The van der Waals surface area contributed by atoms with Gasteiger partial charge < -0.3 is 15.5 Å². The van der Waals surface area contributed by atoms with Gasteiger partial charge in [0.15, 0.2) is 5.96 Å². The molecule has 0 unspecified atom stereocenters. The van der Waals surface area contributed by atoms with Gasteiger partial charge in [-0.2, -0.15) is 0 Å². The minimum absolute atomic E-state index is 0.617. The summed E-state index contributed by atoms with van der Waals surface area (Å²) in [7, 11) is 0. The maximum absolute atomic E-state index is 4.67. The second-order valence-electron chi connectivity index (χ2n) is 6.05. The number of aromatic nitrogens is 1. The first-order valence-corrected chi connectivity index (χ1v) is 9.52. The van der Waals surface area contributed by atoms with Gasteiger partial charge >= 0.3 is 0 Å². The Labute approximate surface area is 157 Å². The Balaban J connectivity index is 1.89. The highest BCUT2D eigenvalue weighted by Crippen LogP contribution is 2.11. The number of guanidine groups is 1. The van der Waals surface area contributed by atoms with E-state index in [0.29, 0.717) is 6.54 Å². The van der Waals surface area contributed by atoms with Crippen LogP contribution in [0.15, 0.2) is 53.7 Å². The van der Waals surface area contributed by atoms with Crippen LogP contribution in [0.3, 0.4) is 0 Å². The molecule has 5 nitrogen and oxygen atoms in total. The van der Waals surface area contributed by atoms with Gasteiger partial charge in [0, 0.05) is 32.4 Å². The van der Waals surface area contributed by atoms with E-state index in [4.69, 9.17) is 0 Å². The molecule has 2 rings (SSSR count). The molecule has 26 heavy (non-hydrogen) atoms. The van der Waals surface area contributed by atoms with Crippen LogP contribution in [-0.2, 0) is 13.0 Å². The summed E-state index contributed by atoms with van der Waals surface area (Å²) in [5.41, 5.74) is 2.44. The van der Waals surface area contributed by atoms with E-state index in [1.807, 2.05) is 12.3 Å². The SMILES string of the molecule is CCNC(=NCc1ccc(N(CC)CC)nc1)NCCc1ccccc1. The fourth-order valence-corrected chi connectivity index (χ4v) is 2.73. The van der Waals surface area contributed by atoms with E-state index in [1.54, 1.807) is 0 Å². The Kier molecular flexibility index (Phi) is 8.46. The van der Waals surface area contributed by atoms with Crippen molar-refractivity contribution in [3.63, 3.8) is 0 Å². The van der Waals surface area contributed by atoms with Gasteiger partial charge in [0.05, 0.1) is 6.54 Å². The molecule has 0 aliphatic heterocycles. The predicted molar refractivity (Wildman–Crippen MR) is 111 cm³/mol. The van der Waals surface area contributed by atoms with Gasteiger partial charge in [-0.15, -0.1) is 0 Å². The van der Waals surface area contributed by atoms with E-state index in [0.717, 1.165) is 49.9 Å². The van der Waals surface area contributed by atoms with Gasteiger partial charge in [-0.3, -0.25) is 0 Å². The minimum atomic E-state index is 0.617. The Hall–Kier alpha value is -2.56. The monoisotopic (exact) mass is 353 g/mol. The van der Waals surface area contributed by atoms with E-state index < -0.39 is 0 Å². The van der Waals surface area contributed by atoms with E-state index in [9.17, 15) is 0 Å². The molecule has 0 fully saturated rings. The van der Waals surface area contributed by atoms with Gasteiger partial charge in [0.1, 0.15) is 5.82 Å². The average Bonchev–Trinajstić information content (AvgIpc) is 2.69. The lowest BCUT2D eigenvalue weighted by atomic mass is 10.1. The molecule has 0 amide bonds. The van der Waals surface area contributed by atoms with Crippen molar-refractivity contribution in [3.05, 3.63) is 59.8 Å². The van der Waals surface area contributed by atoms with E-state index in [1.165, 1.54) is 5.56 Å². The van der Waals surface area contributed by atoms with Crippen LogP contribution in [0.2, 0.25) is 0 Å². The Bertz CT molecular complexity index is 648. The van der Waals surface area contributed by atoms with Crippen LogP contribution in [0.4, 0.5) is 5.82 Å². The predicted octanol–water partition coefficient (Wildman–Crippen LogP) is 3.23. The highest BCUT2D eigenvalue weighted by atomic mass is 15.2. The summed E-state index contributed by atoms with van der Waals surface area (Å²) >= 11 is 0. The number of nitrogens with one attached hydrogen (secondary N) is 2. The fraction of sp³-hybridized carbons (Fsp3) is 0.429. The van der Waals surface area contributed by atoms with Crippen LogP contribution in [0.5, 0.6) is 0 Å². The van der Waals surface area contributed by atoms with Gasteiger partial charge in [0.2, 0.25) is 0 Å². The van der Waals surface area contributed by atoms with Crippen LogP contribution in [-0.4, -0.2) is 37.1 Å². The first-order valence-electron chi connectivity index (χ1n) is 9.52. The molecule has 1 aromatic heterocycles. The van der Waals surface area contributed by atoms with Gasteiger partial charge in [0.25, 0.3) is 0 Å². The van der Waals surface area contributed by atoms with Crippen LogP contribution < -0.4 is 15.5 Å². The number of anilines is 1. The lowest BCUT2D eigenvalue weighted by Crippen LogP contribution is -2.38. The Morgan fingerprint density at radius 3 is 2.35 bits per heavy atom. The molecule has 140 valence electrons. The van der Waals surface area contributed by atoms with Crippen molar-refractivity contribution in [1.82, 2.24) is 15.6 Å². The quantitative estimate of drug-likeness (QED) is 0.537. The maximum Gasteiger partial charge on any atom is 0.191 e. The largest absolute Gasteiger partial charge is 0.357 e. The highest BCUT2D eigenvalue weighted by molar-refractivity contribution is 5.79. The summed E-state index contributed by atoms with van der Waals surface area (Å²) in [6.45, 7) is 10.6. The molecule has 0 saturated heterocycles. The molecule has 0 aliphatic carbocycles. The molecule has 0 bridgehead atoms. The second kappa shape index (κ2) is 11.1. The minimum Gasteiger partial charge on any atom is -0.357 e. The van der Waals surface area contributed by atoms with Crippen LogP contribution in [0, 0.1) is 0 Å². The zero-order valence-electron chi connectivity index (χ0n) is 16.2. The Morgan fingerprint density at radius 2 is 1.73 bits per heavy atom. The average molecular weight is 354 g/mol. The van der Waals surface area contributed by atoms with Crippen LogP contribution in [0.25, 0.3) is 0 Å². The molecule has 5 heteroatoms. The smallest absolute Gasteiger partial charge is 0.191 e. The van der Waals surface area contributed by atoms with Crippen molar-refractivity contribution in [2.24, 2.45) is 4.99 Å². The summed E-state index contributed by atoms with van der Waals surface area (Å²) in [4.78, 5) is 11.5. The summed E-state index contributed by atoms with van der Waals surface area (Å²) in [5.74, 6) is 1.87. The lowest BCUT2D eigenvalue weighted by molar-refractivity contribution is 0.798. The van der Waals surface area contributed by atoms with Crippen molar-refractivity contribution in [2.45, 2.75) is 33.7 Å². The van der Waals surface area contributed by atoms with Crippen molar-refractivity contribution < 1.29 is 0 Å². The number of hydrogen-bond donors (Lipinski definition) is 2. The van der Waals surface area contributed by atoms with Gasteiger partial charge in [-0.1, -0.05) is 36.4 Å². The first kappa shape index (κ1) is 19.8. The number of benzene rings is 1. The van der Waals surface area contributed by atoms with Crippen LogP contribution in [0.1, 0.15) is 31.9 Å². The number of pyridine rings is 1. The third-order valence-electron chi connectivity index (χ3n) is 4.21. The summed E-state index contributed by atoms with van der Waals surface area (Å²) in [6.07, 6.45) is 2.90. The van der Waals surface area contributed by atoms with Crippen molar-refractivity contribution in [2.75, 3.05) is 31.1 Å². The molecule has 0 atom stereocenters. The maximum atomic E-state index is 4.67. The molecule has 0 aliphatic rings. The first-order chi connectivity index (χ1) is 12.8. The molecular weight excluding hydrogens is 322 g/mol. The van der Waals surface area contributed by atoms with Crippen LogP contribution >= 0.6 is 0 Å². The zero-order valence-corrected chi connectivity index (χ0v) is 16.2. The molecule has 0 saturated carbocycles. The molecule has 1 heterocycles. The topological polar surface area (TPSA) is 52.6 Å². The second-order valence-corrected chi connectivity index (χ2v) is 6.05. The molecular formula is C21H31N5. The molecule has 0 spiro atoms. The van der Waals surface area contributed by atoms with Gasteiger partial charge in [-0.05, 0) is 44.4 Å².